The van der Waals surface area contributed by atoms with Crippen LogP contribution in [0, 0.1) is 32.1 Å². The number of hydrogen-bond donors (Lipinski definition) is 0. The Morgan fingerprint density at radius 1 is 1.42 bits per heavy atom. The number of fused-ring (bicyclic) bond motifs is 1. The molecule has 0 aromatic carbocycles. The van der Waals surface area contributed by atoms with Gasteiger partial charge in [-0.1, -0.05) is 11.8 Å². The van der Waals surface area contributed by atoms with Crippen LogP contribution >= 0.6 is 23.1 Å². The fourth-order valence-electron chi connectivity index (χ4n) is 2.83. The third kappa shape index (κ3) is 3.19. The van der Waals surface area contributed by atoms with E-state index in [-0.39, 0.29) is 5.91 Å². The maximum absolute atomic E-state index is 12.5. The van der Waals surface area contributed by atoms with Gasteiger partial charge in [0, 0.05) is 23.7 Å². The van der Waals surface area contributed by atoms with Gasteiger partial charge in [-0.15, -0.1) is 11.3 Å². The first-order chi connectivity index (χ1) is 11.5. The van der Waals surface area contributed by atoms with Gasteiger partial charge >= 0.3 is 0 Å². The number of amides is 1. The van der Waals surface area contributed by atoms with Gasteiger partial charge in [0.2, 0.25) is 5.91 Å². The van der Waals surface area contributed by atoms with Crippen LogP contribution in [-0.4, -0.2) is 28.1 Å². The molecule has 2 aromatic rings. The standard InChI is InChI=1S/C18H19N3OS2/c1-11-12(2)15(8-19)18(20-13(11)3)24-10-17(22)21-6-4-16-14(9-21)5-7-23-16/h5,7H,4,6,9-10H2,1-3H3. The number of aromatic nitrogens is 1. The average Bonchev–Trinajstić information content (AvgIpc) is 3.05. The van der Waals surface area contributed by atoms with Crippen LogP contribution in [-0.2, 0) is 17.8 Å². The number of carbonyl (C=O) groups is 1. The second-order valence-corrected chi connectivity index (χ2v) is 7.93. The molecule has 4 nitrogen and oxygen atoms in total. The monoisotopic (exact) mass is 357 g/mol. The zero-order valence-electron chi connectivity index (χ0n) is 14.0. The van der Waals surface area contributed by atoms with E-state index in [9.17, 15) is 10.1 Å². The van der Waals surface area contributed by atoms with Crippen molar-refractivity contribution in [2.75, 3.05) is 12.3 Å². The first kappa shape index (κ1) is 17.0. The summed E-state index contributed by atoms with van der Waals surface area (Å²) >= 11 is 3.14. The van der Waals surface area contributed by atoms with E-state index < -0.39 is 0 Å². The van der Waals surface area contributed by atoms with Crippen LogP contribution in [0.4, 0.5) is 0 Å². The van der Waals surface area contributed by atoms with E-state index in [4.69, 9.17) is 0 Å². The van der Waals surface area contributed by atoms with Gasteiger partial charge in [-0.2, -0.15) is 5.26 Å². The highest BCUT2D eigenvalue weighted by atomic mass is 32.2. The number of hydrogen-bond acceptors (Lipinski definition) is 5. The molecule has 2 aromatic heterocycles. The van der Waals surface area contributed by atoms with E-state index >= 15 is 0 Å². The lowest BCUT2D eigenvalue weighted by Crippen LogP contribution is -2.36. The largest absolute Gasteiger partial charge is 0.337 e. The van der Waals surface area contributed by atoms with Crippen LogP contribution in [0.3, 0.4) is 0 Å². The van der Waals surface area contributed by atoms with Gasteiger partial charge in [0.1, 0.15) is 11.1 Å². The van der Waals surface area contributed by atoms with Crippen LogP contribution in [0.1, 0.15) is 32.8 Å². The lowest BCUT2D eigenvalue weighted by molar-refractivity contribution is -0.129. The van der Waals surface area contributed by atoms with Crippen LogP contribution in [0.5, 0.6) is 0 Å². The van der Waals surface area contributed by atoms with E-state index in [1.54, 1.807) is 11.3 Å². The molecule has 6 heteroatoms. The highest BCUT2D eigenvalue weighted by Crippen LogP contribution is 2.28. The Hall–Kier alpha value is -1.84. The Balaban J connectivity index is 1.71. The zero-order chi connectivity index (χ0) is 17.3. The summed E-state index contributed by atoms with van der Waals surface area (Å²) in [5.41, 5.74) is 4.78. The second-order valence-electron chi connectivity index (χ2n) is 5.96. The van der Waals surface area contributed by atoms with E-state index in [0.29, 0.717) is 22.9 Å². The van der Waals surface area contributed by atoms with E-state index in [1.807, 2.05) is 25.7 Å². The molecule has 0 unspecified atom stereocenters. The molecule has 3 rings (SSSR count). The summed E-state index contributed by atoms with van der Waals surface area (Å²) < 4.78 is 0. The zero-order valence-corrected chi connectivity index (χ0v) is 15.7. The number of thioether (sulfide) groups is 1. The average molecular weight is 358 g/mol. The molecule has 0 saturated carbocycles. The summed E-state index contributed by atoms with van der Waals surface area (Å²) in [4.78, 5) is 20.4. The fraction of sp³-hybridized carbons (Fsp3) is 0.389. The van der Waals surface area contributed by atoms with Gasteiger partial charge in [0.05, 0.1) is 11.3 Å². The molecule has 0 N–H and O–H groups in total. The summed E-state index contributed by atoms with van der Waals surface area (Å²) in [6, 6.07) is 4.34. The molecule has 0 spiro atoms. The molecule has 24 heavy (non-hydrogen) atoms. The van der Waals surface area contributed by atoms with Crippen molar-refractivity contribution >= 4 is 29.0 Å². The van der Waals surface area contributed by atoms with Crippen molar-refractivity contribution in [3.8, 4) is 6.07 Å². The molecule has 0 fully saturated rings. The van der Waals surface area contributed by atoms with E-state index in [1.165, 1.54) is 22.2 Å². The Labute approximate surface area is 150 Å². The van der Waals surface area contributed by atoms with Gasteiger partial charge in [0.15, 0.2) is 0 Å². The predicted octanol–water partition coefficient (Wildman–Crippen LogP) is 3.62. The van der Waals surface area contributed by atoms with E-state index in [0.717, 1.165) is 29.8 Å². The second kappa shape index (κ2) is 6.96. The third-order valence-electron chi connectivity index (χ3n) is 4.57. The van der Waals surface area contributed by atoms with Gasteiger partial charge in [0.25, 0.3) is 0 Å². The maximum Gasteiger partial charge on any atom is 0.233 e. The number of rotatable bonds is 3. The van der Waals surface area contributed by atoms with Crippen molar-refractivity contribution < 1.29 is 4.79 Å². The van der Waals surface area contributed by atoms with Crippen molar-refractivity contribution in [2.24, 2.45) is 0 Å². The van der Waals surface area contributed by atoms with Crippen molar-refractivity contribution in [1.29, 1.82) is 5.26 Å². The first-order valence-electron chi connectivity index (χ1n) is 7.85. The molecule has 3 heterocycles. The van der Waals surface area contributed by atoms with Crippen molar-refractivity contribution in [2.45, 2.75) is 38.8 Å². The molecule has 124 valence electrons. The minimum atomic E-state index is 0.110. The normalized spacial score (nSPS) is 13.5. The minimum Gasteiger partial charge on any atom is -0.337 e. The van der Waals surface area contributed by atoms with Crippen molar-refractivity contribution in [3.05, 3.63) is 44.3 Å². The first-order valence-corrected chi connectivity index (χ1v) is 9.71. The summed E-state index contributed by atoms with van der Waals surface area (Å²) in [5.74, 6) is 0.432. The quantitative estimate of drug-likeness (QED) is 0.787. The summed E-state index contributed by atoms with van der Waals surface area (Å²) in [7, 11) is 0. The van der Waals surface area contributed by atoms with Gasteiger partial charge in [-0.05, 0) is 55.3 Å². The van der Waals surface area contributed by atoms with Gasteiger partial charge in [-0.3, -0.25) is 4.79 Å². The highest BCUT2D eigenvalue weighted by Gasteiger charge is 2.22. The summed E-state index contributed by atoms with van der Waals surface area (Å²) in [6.45, 7) is 7.33. The molecule has 0 saturated heterocycles. The Morgan fingerprint density at radius 2 is 2.21 bits per heavy atom. The Kier molecular flexibility index (Phi) is 4.93. The number of aryl methyl sites for hydroxylation is 1. The van der Waals surface area contributed by atoms with Crippen LogP contribution in [0.15, 0.2) is 16.5 Å². The van der Waals surface area contributed by atoms with Crippen LogP contribution in [0.2, 0.25) is 0 Å². The number of pyridine rings is 1. The molecule has 0 radical (unpaired) electrons. The van der Waals surface area contributed by atoms with Gasteiger partial charge < -0.3 is 4.90 Å². The molecular weight excluding hydrogens is 338 g/mol. The van der Waals surface area contributed by atoms with Crippen molar-refractivity contribution in [3.63, 3.8) is 0 Å². The number of nitriles is 1. The highest BCUT2D eigenvalue weighted by molar-refractivity contribution is 8.00. The van der Waals surface area contributed by atoms with Gasteiger partial charge in [-0.25, -0.2) is 4.98 Å². The van der Waals surface area contributed by atoms with Crippen LogP contribution in [0.25, 0.3) is 0 Å². The van der Waals surface area contributed by atoms with Crippen molar-refractivity contribution in [1.82, 2.24) is 9.88 Å². The smallest absolute Gasteiger partial charge is 0.233 e. The summed E-state index contributed by atoms with van der Waals surface area (Å²) in [5, 5.41) is 12.2. The fourth-order valence-corrected chi connectivity index (χ4v) is 4.71. The lowest BCUT2D eigenvalue weighted by atomic mass is 10.1. The SMILES string of the molecule is Cc1nc(SCC(=O)N2CCc3sccc3C2)c(C#N)c(C)c1C. The Morgan fingerprint density at radius 3 is 2.96 bits per heavy atom. The molecule has 1 amide bonds. The molecule has 1 aliphatic heterocycles. The molecule has 0 aliphatic carbocycles. The van der Waals surface area contributed by atoms with E-state index in [2.05, 4.69) is 22.5 Å². The minimum absolute atomic E-state index is 0.110. The lowest BCUT2D eigenvalue weighted by Gasteiger charge is -2.27. The molecule has 0 bridgehead atoms. The van der Waals surface area contributed by atoms with Crippen LogP contribution < -0.4 is 0 Å². The maximum atomic E-state index is 12.5. The predicted molar refractivity (Wildman–Crippen MR) is 97.3 cm³/mol. The summed E-state index contributed by atoms with van der Waals surface area (Å²) in [6.07, 6.45) is 0.938. The topological polar surface area (TPSA) is 57.0 Å². The molecule has 0 atom stereocenters. The Bertz CT molecular complexity index is 836. The molecular formula is C18H19N3OS2. The number of thiophene rings is 1. The number of carbonyl (C=O) groups excluding carboxylic acids is 1. The molecule has 1 aliphatic rings. The number of nitrogens with zero attached hydrogens (tertiary/aromatic N) is 3. The third-order valence-corrected chi connectivity index (χ3v) is 6.55.